The van der Waals surface area contributed by atoms with Crippen molar-refractivity contribution in [2.24, 2.45) is 0 Å². The quantitative estimate of drug-likeness (QED) is 0.891. The number of nitrogens with zero attached hydrogens (tertiary/aromatic N) is 2. The molecule has 0 bridgehead atoms. The lowest BCUT2D eigenvalue weighted by atomic mass is 9.99. The normalized spacial score (nSPS) is 18.3. The van der Waals surface area contributed by atoms with E-state index >= 15 is 0 Å². The molecule has 1 aliphatic rings. The Morgan fingerprint density at radius 3 is 2.73 bits per heavy atom. The van der Waals surface area contributed by atoms with E-state index < -0.39 is 0 Å². The SMILES string of the molecule is OCc1ccc(-c2cc(CC[C@@H]3CCCCN3)ncn2)cc1. The summed E-state index contributed by atoms with van der Waals surface area (Å²) in [7, 11) is 0. The summed E-state index contributed by atoms with van der Waals surface area (Å²) < 4.78 is 0. The number of piperidine rings is 1. The van der Waals surface area contributed by atoms with Gasteiger partial charge in [0.1, 0.15) is 6.33 Å². The zero-order chi connectivity index (χ0) is 15.2. The number of aliphatic hydroxyl groups is 1. The first-order chi connectivity index (χ1) is 10.8. The molecule has 2 aromatic rings. The summed E-state index contributed by atoms with van der Waals surface area (Å²) in [6.45, 7) is 1.22. The van der Waals surface area contributed by atoms with E-state index in [1.54, 1.807) is 6.33 Å². The van der Waals surface area contributed by atoms with E-state index in [4.69, 9.17) is 5.11 Å². The molecule has 0 unspecified atom stereocenters. The fourth-order valence-corrected chi connectivity index (χ4v) is 2.97. The fraction of sp³-hybridized carbons (Fsp3) is 0.444. The molecule has 1 saturated heterocycles. The molecule has 1 fully saturated rings. The van der Waals surface area contributed by atoms with Gasteiger partial charge in [-0.15, -0.1) is 0 Å². The van der Waals surface area contributed by atoms with Gasteiger partial charge in [0.15, 0.2) is 0 Å². The molecule has 3 rings (SSSR count). The van der Waals surface area contributed by atoms with Crippen LogP contribution in [0.2, 0.25) is 0 Å². The zero-order valence-electron chi connectivity index (χ0n) is 12.8. The summed E-state index contributed by atoms with van der Waals surface area (Å²) in [5.41, 5.74) is 4.03. The predicted octanol–water partition coefficient (Wildman–Crippen LogP) is 2.71. The van der Waals surface area contributed by atoms with Gasteiger partial charge < -0.3 is 10.4 Å². The number of hydrogen-bond acceptors (Lipinski definition) is 4. The summed E-state index contributed by atoms with van der Waals surface area (Å²) in [6.07, 6.45) is 7.70. The third kappa shape index (κ3) is 3.90. The van der Waals surface area contributed by atoms with Crippen molar-refractivity contribution in [1.29, 1.82) is 0 Å². The topological polar surface area (TPSA) is 58.0 Å². The second kappa shape index (κ2) is 7.47. The van der Waals surface area contributed by atoms with E-state index in [0.717, 1.165) is 41.9 Å². The van der Waals surface area contributed by atoms with Crippen LogP contribution in [0.25, 0.3) is 11.3 Å². The number of hydrogen-bond donors (Lipinski definition) is 2. The largest absolute Gasteiger partial charge is 0.392 e. The molecule has 0 aliphatic carbocycles. The summed E-state index contributed by atoms with van der Waals surface area (Å²) in [5, 5.41) is 12.7. The molecular formula is C18H23N3O. The number of aryl methyl sites for hydroxylation is 1. The molecule has 0 spiro atoms. The Labute approximate surface area is 131 Å². The molecule has 4 nitrogen and oxygen atoms in total. The van der Waals surface area contributed by atoms with Crippen LogP contribution in [0.4, 0.5) is 0 Å². The molecule has 2 heterocycles. The monoisotopic (exact) mass is 297 g/mol. The van der Waals surface area contributed by atoms with Crippen molar-refractivity contribution in [2.45, 2.75) is 44.8 Å². The maximum Gasteiger partial charge on any atom is 0.116 e. The van der Waals surface area contributed by atoms with Crippen molar-refractivity contribution in [1.82, 2.24) is 15.3 Å². The Bertz CT molecular complexity index is 592. The van der Waals surface area contributed by atoms with Gasteiger partial charge in [-0.05, 0) is 43.9 Å². The summed E-state index contributed by atoms with van der Waals surface area (Å²) in [5.74, 6) is 0. The van der Waals surface area contributed by atoms with Crippen LogP contribution in [0, 0.1) is 0 Å². The van der Waals surface area contributed by atoms with Gasteiger partial charge in [0.25, 0.3) is 0 Å². The van der Waals surface area contributed by atoms with Gasteiger partial charge in [-0.3, -0.25) is 0 Å². The Hall–Kier alpha value is -1.78. The molecule has 1 atom stereocenters. The van der Waals surface area contributed by atoms with Crippen LogP contribution < -0.4 is 5.32 Å². The summed E-state index contributed by atoms with van der Waals surface area (Å²) >= 11 is 0. The standard InChI is InChI=1S/C18H23N3O/c22-12-14-4-6-15(7-5-14)18-11-17(20-13-21-18)9-8-16-3-1-2-10-19-16/h4-7,11,13,16,19,22H,1-3,8-10,12H2/t16-/m0/s1. The van der Waals surface area contributed by atoms with E-state index in [1.807, 2.05) is 24.3 Å². The molecule has 2 N–H and O–H groups in total. The first-order valence-electron chi connectivity index (χ1n) is 8.09. The van der Waals surface area contributed by atoms with Gasteiger partial charge in [0.05, 0.1) is 12.3 Å². The third-order valence-electron chi connectivity index (χ3n) is 4.32. The lowest BCUT2D eigenvalue weighted by Crippen LogP contribution is -2.34. The van der Waals surface area contributed by atoms with Crippen molar-refractivity contribution in [2.75, 3.05) is 6.54 Å². The van der Waals surface area contributed by atoms with Gasteiger partial charge in [0.2, 0.25) is 0 Å². The van der Waals surface area contributed by atoms with E-state index in [-0.39, 0.29) is 6.61 Å². The van der Waals surface area contributed by atoms with Crippen molar-refractivity contribution >= 4 is 0 Å². The molecule has 1 aromatic heterocycles. The molecule has 4 heteroatoms. The lowest BCUT2D eigenvalue weighted by molar-refractivity contribution is 0.282. The van der Waals surface area contributed by atoms with Gasteiger partial charge in [-0.25, -0.2) is 9.97 Å². The minimum atomic E-state index is 0.0731. The number of rotatable bonds is 5. The van der Waals surface area contributed by atoms with Crippen LogP contribution in [0.3, 0.4) is 0 Å². The molecule has 1 aliphatic heterocycles. The Kier molecular flexibility index (Phi) is 5.14. The van der Waals surface area contributed by atoms with Crippen LogP contribution >= 0.6 is 0 Å². The lowest BCUT2D eigenvalue weighted by Gasteiger charge is -2.23. The molecule has 0 saturated carbocycles. The minimum Gasteiger partial charge on any atom is -0.392 e. The molecule has 0 amide bonds. The fourth-order valence-electron chi connectivity index (χ4n) is 2.97. The average molecular weight is 297 g/mol. The van der Waals surface area contributed by atoms with Gasteiger partial charge in [-0.2, -0.15) is 0 Å². The highest BCUT2D eigenvalue weighted by atomic mass is 16.3. The van der Waals surface area contributed by atoms with Crippen LogP contribution in [-0.2, 0) is 13.0 Å². The molecule has 1 aromatic carbocycles. The summed E-state index contributed by atoms with van der Waals surface area (Å²) in [4.78, 5) is 8.77. The second-order valence-electron chi connectivity index (χ2n) is 5.94. The highest BCUT2D eigenvalue weighted by molar-refractivity contribution is 5.59. The molecule has 116 valence electrons. The van der Waals surface area contributed by atoms with Gasteiger partial charge >= 0.3 is 0 Å². The highest BCUT2D eigenvalue weighted by Crippen LogP contribution is 2.19. The van der Waals surface area contributed by atoms with Crippen molar-refractivity contribution in [3.63, 3.8) is 0 Å². The van der Waals surface area contributed by atoms with Crippen LogP contribution in [0.5, 0.6) is 0 Å². The minimum absolute atomic E-state index is 0.0731. The van der Waals surface area contributed by atoms with E-state index in [2.05, 4.69) is 21.4 Å². The van der Waals surface area contributed by atoms with Crippen LogP contribution in [0.1, 0.15) is 36.9 Å². The van der Waals surface area contributed by atoms with Gasteiger partial charge in [0, 0.05) is 17.3 Å². The molecule has 22 heavy (non-hydrogen) atoms. The van der Waals surface area contributed by atoms with Crippen molar-refractivity contribution in [3.8, 4) is 11.3 Å². The van der Waals surface area contributed by atoms with E-state index in [1.165, 1.54) is 19.3 Å². The summed E-state index contributed by atoms with van der Waals surface area (Å²) in [6, 6.07) is 10.6. The first-order valence-corrected chi connectivity index (χ1v) is 8.09. The smallest absolute Gasteiger partial charge is 0.116 e. The number of aromatic nitrogens is 2. The van der Waals surface area contributed by atoms with E-state index in [0.29, 0.717) is 6.04 Å². The number of nitrogens with one attached hydrogen (secondary N) is 1. The third-order valence-corrected chi connectivity index (χ3v) is 4.32. The van der Waals surface area contributed by atoms with Crippen LogP contribution in [-0.4, -0.2) is 27.7 Å². The highest BCUT2D eigenvalue weighted by Gasteiger charge is 2.12. The Morgan fingerprint density at radius 2 is 2.00 bits per heavy atom. The number of aliphatic hydroxyl groups excluding tert-OH is 1. The zero-order valence-corrected chi connectivity index (χ0v) is 12.8. The number of benzene rings is 1. The van der Waals surface area contributed by atoms with Crippen molar-refractivity contribution in [3.05, 3.63) is 47.9 Å². The predicted molar refractivity (Wildman–Crippen MR) is 87.4 cm³/mol. The Balaban J connectivity index is 1.66. The van der Waals surface area contributed by atoms with Crippen molar-refractivity contribution < 1.29 is 5.11 Å². The first kappa shape index (κ1) is 15.1. The second-order valence-corrected chi connectivity index (χ2v) is 5.94. The van der Waals surface area contributed by atoms with Gasteiger partial charge in [-0.1, -0.05) is 30.7 Å². The van der Waals surface area contributed by atoms with E-state index in [9.17, 15) is 0 Å². The maximum atomic E-state index is 9.11. The maximum absolute atomic E-state index is 9.11. The molecular weight excluding hydrogens is 274 g/mol. The Morgan fingerprint density at radius 1 is 1.14 bits per heavy atom. The van der Waals surface area contributed by atoms with Crippen LogP contribution in [0.15, 0.2) is 36.7 Å². The average Bonchev–Trinajstić information content (AvgIpc) is 2.61. The molecule has 0 radical (unpaired) electrons.